The first kappa shape index (κ1) is 14.2. The van der Waals surface area contributed by atoms with E-state index in [0.29, 0.717) is 16.0 Å². The Kier molecular flexibility index (Phi) is 5.12. The van der Waals surface area contributed by atoms with E-state index in [9.17, 15) is 9.18 Å². The van der Waals surface area contributed by atoms with Crippen molar-refractivity contribution in [2.75, 3.05) is 0 Å². The van der Waals surface area contributed by atoms with Crippen LogP contribution >= 0.6 is 15.9 Å². The molecule has 1 unspecified atom stereocenters. The fourth-order valence-corrected chi connectivity index (χ4v) is 1.96. The zero-order chi connectivity index (χ0) is 13.0. The number of hydrogen-bond acceptors (Lipinski definition) is 1. The van der Waals surface area contributed by atoms with Gasteiger partial charge in [0.2, 0.25) is 0 Å². The number of rotatable bonds is 4. The molecule has 0 aliphatic carbocycles. The molecule has 1 amide bonds. The smallest absolute Gasteiger partial charge is 0.251 e. The van der Waals surface area contributed by atoms with Gasteiger partial charge in [-0.15, -0.1) is 0 Å². The summed E-state index contributed by atoms with van der Waals surface area (Å²) in [7, 11) is 0. The molecule has 0 spiro atoms. The van der Waals surface area contributed by atoms with Crippen molar-refractivity contribution >= 4 is 21.8 Å². The summed E-state index contributed by atoms with van der Waals surface area (Å²) < 4.78 is 13.6. The zero-order valence-electron chi connectivity index (χ0n) is 10.3. The first-order valence-electron chi connectivity index (χ1n) is 5.66. The van der Waals surface area contributed by atoms with E-state index in [-0.39, 0.29) is 11.9 Å². The number of carbonyl (C=O) groups is 1. The Morgan fingerprint density at radius 2 is 2.06 bits per heavy atom. The number of nitrogens with one attached hydrogen (secondary N) is 1. The van der Waals surface area contributed by atoms with Crippen molar-refractivity contribution in [1.29, 1.82) is 0 Å². The molecule has 0 radical (unpaired) electrons. The average molecular weight is 302 g/mol. The second kappa shape index (κ2) is 6.15. The Bertz CT molecular complexity index is 406. The molecule has 0 aromatic heterocycles. The number of amides is 1. The van der Waals surface area contributed by atoms with Crippen LogP contribution in [0.3, 0.4) is 0 Å². The maximum Gasteiger partial charge on any atom is 0.251 e. The first-order chi connectivity index (χ1) is 7.90. The van der Waals surface area contributed by atoms with E-state index in [1.54, 1.807) is 6.07 Å². The molecule has 0 aliphatic rings. The molecule has 1 atom stereocenters. The van der Waals surface area contributed by atoms with Crippen molar-refractivity contribution in [2.45, 2.75) is 33.2 Å². The summed E-state index contributed by atoms with van der Waals surface area (Å²) in [5.41, 5.74) is 0.348. The summed E-state index contributed by atoms with van der Waals surface area (Å²) >= 11 is 3.06. The Hall–Kier alpha value is -0.900. The summed E-state index contributed by atoms with van der Waals surface area (Å²) in [6.45, 7) is 6.15. The van der Waals surface area contributed by atoms with Crippen LogP contribution in [0.1, 0.15) is 37.6 Å². The topological polar surface area (TPSA) is 29.1 Å². The first-order valence-corrected chi connectivity index (χ1v) is 6.45. The monoisotopic (exact) mass is 301 g/mol. The minimum atomic E-state index is -0.422. The maximum absolute atomic E-state index is 13.3. The van der Waals surface area contributed by atoms with Gasteiger partial charge in [-0.3, -0.25) is 4.79 Å². The van der Waals surface area contributed by atoms with Crippen LogP contribution in [0.15, 0.2) is 22.7 Å². The third-order valence-corrected chi connectivity index (χ3v) is 3.03. The van der Waals surface area contributed by atoms with E-state index in [0.717, 1.165) is 6.42 Å². The molecule has 1 rings (SSSR count). The van der Waals surface area contributed by atoms with Gasteiger partial charge in [-0.25, -0.2) is 4.39 Å². The standard InChI is InChI=1S/C13H17BrFNO/c1-8(2)6-9(3)16-13(17)10-4-5-11(14)12(15)7-10/h4-5,7-9H,6H2,1-3H3,(H,16,17). The molecule has 17 heavy (non-hydrogen) atoms. The average Bonchev–Trinajstić information content (AvgIpc) is 2.20. The predicted molar refractivity (Wildman–Crippen MR) is 70.5 cm³/mol. The third-order valence-electron chi connectivity index (χ3n) is 2.38. The molecule has 0 bridgehead atoms. The Morgan fingerprint density at radius 3 is 2.59 bits per heavy atom. The maximum atomic E-state index is 13.3. The molecule has 2 nitrogen and oxygen atoms in total. The van der Waals surface area contributed by atoms with Crippen LogP contribution in [-0.2, 0) is 0 Å². The van der Waals surface area contributed by atoms with Crippen LogP contribution in [0, 0.1) is 11.7 Å². The van der Waals surface area contributed by atoms with E-state index in [1.807, 2.05) is 6.92 Å². The molecule has 4 heteroatoms. The van der Waals surface area contributed by atoms with Crippen LogP contribution in [0.5, 0.6) is 0 Å². The second-order valence-corrected chi connectivity index (χ2v) is 5.49. The van der Waals surface area contributed by atoms with Gasteiger partial charge in [0.1, 0.15) is 5.82 Å². The fourth-order valence-electron chi connectivity index (χ4n) is 1.71. The molecular formula is C13H17BrFNO. The highest BCUT2D eigenvalue weighted by Gasteiger charge is 2.12. The molecule has 0 heterocycles. The van der Waals surface area contributed by atoms with Crippen LogP contribution in [0.4, 0.5) is 4.39 Å². The van der Waals surface area contributed by atoms with Crippen LogP contribution < -0.4 is 5.32 Å². The van der Waals surface area contributed by atoms with Gasteiger partial charge in [0, 0.05) is 11.6 Å². The fraction of sp³-hybridized carbons (Fsp3) is 0.462. The van der Waals surface area contributed by atoms with Gasteiger partial charge in [-0.05, 0) is 53.4 Å². The molecule has 1 N–H and O–H groups in total. The minimum Gasteiger partial charge on any atom is -0.350 e. The van der Waals surface area contributed by atoms with Crippen molar-refractivity contribution in [1.82, 2.24) is 5.32 Å². The van der Waals surface area contributed by atoms with Gasteiger partial charge in [-0.1, -0.05) is 13.8 Å². The lowest BCUT2D eigenvalue weighted by Gasteiger charge is -2.16. The third kappa shape index (κ3) is 4.46. The van der Waals surface area contributed by atoms with Gasteiger partial charge in [0.05, 0.1) is 4.47 Å². The molecule has 1 aromatic rings. The van der Waals surface area contributed by atoms with Gasteiger partial charge >= 0.3 is 0 Å². The SMILES string of the molecule is CC(C)CC(C)NC(=O)c1ccc(Br)c(F)c1. The van der Waals surface area contributed by atoms with E-state index in [4.69, 9.17) is 0 Å². The van der Waals surface area contributed by atoms with Gasteiger partial charge in [-0.2, -0.15) is 0 Å². The lowest BCUT2D eigenvalue weighted by atomic mass is 10.0. The van der Waals surface area contributed by atoms with E-state index < -0.39 is 5.82 Å². The predicted octanol–water partition coefficient (Wildman–Crippen LogP) is 3.75. The lowest BCUT2D eigenvalue weighted by Crippen LogP contribution is -2.33. The molecule has 0 aliphatic heterocycles. The Morgan fingerprint density at radius 1 is 1.41 bits per heavy atom. The van der Waals surface area contributed by atoms with Crippen molar-refractivity contribution < 1.29 is 9.18 Å². The number of carbonyl (C=O) groups excluding carboxylic acids is 1. The van der Waals surface area contributed by atoms with Gasteiger partial charge in [0.25, 0.3) is 5.91 Å². The second-order valence-electron chi connectivity index (χ2n) is 4.63. The van der Waals surface area contributed by atoms with Crippen LogP contribution in [0.2, 0.25) is 0 Å². The van der Waals surface area contributed by atoms with Crippen LogP contribution in [0.25, 0.3) is 0 Å². The summed E-state index contributed by atoms with van der Waals surface area (Å²) in [4.78, 5) is 11.8. The molecule has 0 saturated heterocycles. The van der Waals surface area contributed by atoms with E-state index in [1.165, 1.54) is 12.1 Å². The normalized spacial score (nSPS) is 12.6. The molecule has 0 saturated carbocycles. The van der Waals surface area contributed by atoms with Crippen molar-refractivity contribution in [3.8, 4) is 0 Å². The number of benzene rings is 1. The summed E-state index contributed by atoms with van der Waals surface area (Å²) in [5.74, 6) is -0.134. The van der Waals surface area contributed by atoms with Crippen molar-refractivity contribution in [2.24, 2.45) is 5.92 Å². The molecule has 94 valence electrons. The largest absolute Gasteiger partial charge is 0.350 e. The minimum absolute atomic E-state index is 0.0919. The summed E-state index contributed by atoms with van der Waals surface area (Å²) in [6, 6.07) is 4.47. The van der Waals surface area contributed by atoms with Crippen molar-refractivity contribution in [3.05, 3.63) is 34.1 Å². The Labute approximate surface area is 110 Å². The molecule has 0 fully saturated rings. The van der Waals surface area contributed by atoms with E-state index in [2.05, 4.69) is 35.1 Å². The Balaban J connectivity index is 2.66. The van der Waals surface area contributed by atoms with Crippen molar-refractivity contribution in [3.63, 3.8) is 0 Å². The molecule has 1 aromatic carbocycles. The lowest BCUT2D eigenvalue weighted by molar-refractivity contribution is 0.0935. The highest BCUT2D eigenvalue weighted by atomic mass is 79.9. The number of halogens is 2. The molecular weight excluding hydrogens is 285 g/mol. The highest BCUT2D eigenvalue weighted by Crippen LogP contribution is 2.16. The van der Waals surface area contributed by atoms with E-state index >= 15 is 0 Å². The summed E-state index contributed by atoms with van der Waals surface area (Å²) in [6.07, 6.45) is 0.907. The summed E-state index contributed by atoms with van der Waals surface area (Å²) in [5, 5.41) is 2.85. The highest BCUT2D eigenvalue weighted by molar-refractivity contribution is 9.10. The zero-order valence-corrected chi connectivity index (χ0v) is 11.8. The van der Waals surface area contributed by atoms with Crippen LogP contribution in [-0.4, -0.2) is 11.9 Å². The quantitative estimate of drug-likeness (QED) is 0.901. The number of hydrogen-bond donors (Lipinski definition) is 1. The van der Waals surface area contributed by atoms with Gasteiger partial charge < -0.3 is 5.32 Å². The van der Waals surface area contributed by atoms with Gasteiger partial charge in [0.15, 0.2) is 0 Å².